The van der Waals surface area contributed by atoms with E-state index >= 15 is 0 Å². The summed E-state index contributed by atoms with van der Waals surface area (Å²) in [5.41, 5.74) is 6.28. The van der Waals surface area contributed by atoms with Crippen LogP contribution in [0.2, 0.25) is 0 Å². The van der Waals surface area contributed by atoms with E-state index in [0.29, 0.717) is 6.54 Å². The summed E-state index contributed by atoms with van der Waals surface area (Å²) in [6.45, 7) is 13.0. The molecule has 3 aromatic rings. The molecule has 0 aliphatic carbocycles. The molecule has 0 radical (unpaired) electrons. The molecule has 2 aromatic carbocycles. The van der Waals surface area contributed by atoms with Gasteiger partial charge in [-0.1, -0.05) is 35.1 Å². The van der Waals surface area contributed by atoms with Crippen molar-refractivity contribution in [1.29, 1.82) is 0 Å². The van der Waals surface area contributed by atoms with E-state index in [2.05, 4.69) is 43.9 Å². The molecule has 6 heteroatoms. The quantitative estimate of drug-likeness (QED) is 0.606. The number of carbonyl (C=O) groups is 1. The first kappa shape index (κ1) is 21.0. The first-order valence-corrected chi connectivity index (χ1v) is 11.3. The molecule has 1 fully saturated rings. The van der Waals surface area contributed by atoms with E-state index in [9.17, 15) is 4.79 Å². The van der Waals surface area contributed by atoms with Crippen LogP contribution >= 0.6 is 11.3 Å². The Kier molecular flexibility index (Phi) is 6.18. The molecule has 2 heterocycles. The van der Waals surface area contributed by atoms with E-state index in [1.807, 2.05) is 24.0 Å². The molecule has 1 amide bonds. The fourth-order valence-electron chi connectivity index (χ4n) is 4.03. The summed E-state index contributed by atoms with van der Waals surface area (Å²) < 4.78 is 6.62. The Hall–Kier alpha value is -2.28. The molecule has 1 aliphatic rings. The van der Waals surface area contributed by atoms with Crippen molar-refractivity contribution in [3.8, 4) is 0 Å². The van der Waals surface area contributed by atoms with Gasteiger partial charge >= 0.3 is 0 Å². The maximum atomic E-state index is 13.6. The fraction of sp³-hybridized carbons (Fsp3) is 0.417. The van der Waals surface area contributed by atoms with Gasteiger partial charge in [0, 0.05) is 31.7 Å². The number of benzene rings is 2. The summed E-state index contributed by atoms with van der Waals surface area (Å²) >= 11 is 1.61. The van der Waals surface area contributed by atoms with Gasteiger partial charge in [-0.05, 0) is 56.5 Å². The van der Waals surface area contributed by atoms with Crippen LogP contribution in [-0.4, -0.2) is 55.2 Å². The fourth-order valence-corrected chi connectivity index (χ4v) is 5.07. The van der Waals surface area contributed by atoms with E-state index in [4.69, 9.17) is 9.72 Å². The summed E-state index contributed by atoms with van der Waals surface area (Å²) in [5, 5.41) is 0.775. The van der Waals surface area contributed by atoms with Crippen molar-refractivity contribution < 1.29 is 9.53 Å². The molecule has 158 valence electrons. The van der Waals surface area contributed by atoms with E-state index in [0.717, 1.165) is 64.9 Å². The standard InChI is InChI=1S/C24H29N3O2S/c1-16-5-6-20(18(3)13-16)23(28)27(8-7-26-9-11-29-12-10-26)24-25-21-15-17(2)14-19(4)22(21)30-24/h5-6,13-15H,7-12H2,1-4H3. The van der Waals surface area contributed by atoms with Gasteiger partial charge in [-0.15, -0.1) is 0 Å². The van der Waals surface area contributed by atoms with E-state index in [-0.39, 0.29) is 5.91 Å². The van der Waals surface area contributed by atoms with Gasteiger partial charge in [0.05, 0.1) is 23.4 Å². The zero-order chi connectivity index (χ0) is 21.3. The van der Waals surface area contributed by atoms with Crippen molar-refractivity contribution in [3.63, 3.8) is 0 Å². The average Bonchev–Trinajstić information content (AvgIpc) is 3.13. The zero-order valence-electron chi connectivity index (χ0n) is 18.2. The summed E-state index contributed by atoms with van der Waals surface area (Å²) in [5.74, 6) is 0.0224. The third-order valence-corrected chi connectivity index (χ3v) is 6.87. The van der Waals surface area contributed by atoms with Crippen LogP contribution in [0.5, 0.6) is 0 Å². The van der Waals surface area contributed by atoms with Crippen molar-refractivity contribution in [3.05, 3.63) is 58.1 Å². The maximum Gasteiger partial charge on any atom is 0.260 e. The Balaban J connectivity index is 1.69. The molecular formula is C24H29N3O2S. The van der Waals surface area contributed by atoms with E-state index in [1.54, 1.807) is 11.3 Å². The van der Waals surface area contributed by atoms with Gasteiger partial charge in [0.15, 0.2) is 5.13 Å². The highest BCUT2D eigenvalue weighted by atomic mass is 32.1. The largest absolute Gasteiger partial charge is 0.379 e. The number of fused-ring (bicyclic) bond motifs is 1. The molecule has 0 bridgehead atoms. The van der Waals surface area contributed by atoms with Gasteiger partial charge in [0.2, 0.25) is 0 Å². The smallest absolute Gasteiger partial charge is 0.260 e. The van der Waals surface area contributed by atoms with Crippen LogP contribution in [0.15, 0.2) is 30.3 Å². The molecule has 0 unspecified atom stereocenters. The van der Waals surface area contributed by atoms with Gasteiger partial charge < -0.3 is 4.74 Å². The zero-order valence-corrected chi connectivity index (χ0v) is 19.0. The lowest BCUT2D eigenvalue weighted by molar-refractivity contribution is 0.0391. The van der Waals surface area contributed by atoms with Gasteiger partial charge in [-0.2, -0.15) is 0 Å². The highest BCUT2D eigenvalue weighted by Crippen LogP contribution is 2.33. The van der Waals surface area contributed by atoms with Gasteiger partial charge in [0.1, 0.15) is 0 Å². The number of hydrogen-bond donors (Lipinski definition) is 0. The average molecular weight is 424 g/mol. The number of ether oxygens (including phenoxy) is 1. The minimum atomic E-state index is 0.0224. The molecule has 0 atom stereocenters. The number of hydrogen-bond acceptors (Lipinski definition) is 5. The molecule has 4 rings (SSSR count). The van der Waals surface area contributed by atoms with Crippen LogP contribution in [0.3, 0.4) is 0 Å². The normalized spacial score (nSPS) is 14.9. The van der Waals surface area contributed by atoms with Crippen molar-refractivity contribution in [2.45, 2.75) is 27.7 Å². The molecule has 5 nitrogen and oxygen atoms in total. The third-order valence-electron chi connectivity index (χ3n) is 5.64. The summed E-state index contributed by atoms with van der Waals surface area (Å²) in [4.78, 5) is 22.7. The Morgan fingerprint density at radius 1 is 1.07 bits per heavy atom. The lowest BCUT2D eigenvalue weighted by atomic mass is 10.0. The Morgan fingerprint density at radius 3 is 2.53 bits per heavy atom. The topological polar surface area (TPSA) is 45.7 Å². The molecule has 1 aliphatic heterocycles. The van der Waals surface area contributed by atoms with Crippen LogP contribution in [0.25, 0.3) is 10.2 Å². The second-order valence-electron chi connectivity index (χ2n) is 8.16. The molecule has 0 saturated carbocycles. The third kappa shape index (κ3) is 4.41. The minimum absolute atomic E-state index is 0.0224. The predicted octanol–water partition coefficient (Wildman–Crippen LogP) is 4.51. The van der Waals surface area contributed by atoms with Crippen LogP contribution in [0.1, 0.15) is 32.6 Å². The van der Waals surface area contributed by atoms with Crippen LogP contribution in [0, 0.1) is 27.7 Å². The van der Waals surface area contributed by atoms with Crippen LogP contribution in [0.4, 0.5) is 5.13 Å². The van der Waals surface area contributed by atoms with Gasteiger partial charge in [-0.3, -0.25) is 14.6 Å². The molecule has 1 saturated heterocycles. The summed E-state index contributed by atoms with van der Waals surface area (Å²) in [6, 6.07) is 10.3. The van der Waals surface area contributed by atoms with Crippen molar-refractivity contribution in [1.82, 2.24) is 9.88 Å². The highest BCUT2D eigenvalue weighted by molar-refractivity contribution is 7.22. The minimum Gasteiger partial charge on any atom is -0.379 e. The Bertz CT molecular complexity index is 1070. The number of thiazole rings is 1. The Labute approximate surface area is 182 Å². The number of carbonyl (C=O) groups excluding carboxylic acids is 1. The van der Waals surface area contributed by atoms with E-state index in [1.165, 1.54) is 11.1 Å². The lowest BCUT2D eigenvalue weighted by Gasteiger charge is -2.29. The van der Waals surface area contributed by atoms with Crippen molar-refractivity contribution >= 4 is 32.6 Å². The number of amides is 1. The number of aromatic nitrogens is 1. The number of morpholine rings is 1. The maximum absolute atomic E-state index is 13.6. The van der Waals surface area contributed by atoms with Crippen LogP contribution in [-0.2, 0) is 4.74 Å². The number of rotatable bonds is 5. The monoisotopic (exact) mass is 423 g/mol. The van der Waals surface area contributed by atoms with Crippen molar-refractivity contribution in [2.75, 3.05) is 44.3 Å². The van der Waals surface area contributed by atoms with Gasteiger partial charge in [0.25, 0.3) is 5.91 Å². The second kappa shape index (κ2) is 8.84. The van der Waals surface area contributed by atoms with Gasteiger partial charge in [-0.25, -0.2) is 4.98 Å². The number of anilines is 1. The Morgan fingerprint density at radius 2 is 1.80 bits per heavy atom. The number of nitrogens with zero attached hydrogens (tertiary/aromatic N) is 3. The molecule has 0 spiro atoms. The van der Waals surface area contributed by atoms with Crippen molar-refractivity contribution in [2.24, 2.45) is 0 Å². The molecule has 1 aromatic heterocycles. The first-order valence-electron chi connectivity index (χ1n) is 10.5. The van der Waals surface area contributed by atoms with Crippen LogP contribution < -0.4 is 4.90 Å². The SMILES string of the molecule is Cc1ccc(C(=O)N(CCN2CCOCC2)c2nc3cc(C)cc(C)c3s2)c(C)c1. The van der Waals surface area contributed by atoms with E-state index < -0.39 is 0 Å². The summed E-state index contributed by atoms with van der Waals surface area (Å²) in [6.07, 6.45) is 0. The number of aryl methyl sites for hydroxylation is 4. The molecule has 30 heavy (non-hydrogen) atoms. The predicted molar refractivity (Wildman–Crippen MR) is 124 cm³/mol. The second-order valence-corrected chi connectivity index (χ2v) is 9.13. The molecule has 0 N–H and O–H groups in total. The summed E-state index contributed by atoms with van der Waals surface area (Å²) in [7, 11) is 0. The first-order chi connectivity index (χ1) is 14.4. The lowest BCUT2D eigenvalue weighted by Crippen LogP contribution is -2.43. The molecular weight excluding hydrogens is 394 g/mol. The highest BCUT2D eigenvalue weighted by Gasteiger charge is 2.24.